The molecule has 1 aromatic rings. The van der Waals surface area contributed by atoms with Gasteiger partial charge in [0.2, 0.25) is 6.17 Å². The summed E-state index contributed by atoms with van der Waals surface area (Å²) in [6.07, 6.45) is -1.81. The summed E-state index contributed by atoms with van der Waals surface area (Å²) in [4.78, 5) is 11.7. The van der Waals surface area contributed by atoms with Gasteiger partial charge in [-0.1, -0.05) is 0 Å². The molecule has 0 aliphatic heterocycles. The predicted octanol–water partition coefficient (Wildman–Crippen LogP) is 2.41. The number of nitrogens with two attached hydrogens (primary N) is 1. The number of esters is 1. The summed E-state index contributed by atoms with van der Waals surface area (Å²) in [7, 11) is 0. The molecule has 0 fully saturated rings. The van der Waals surface area contributed by atoms with Crippen molar-refractivity contribution in [1.82, 2.24) is 0 Å². The Morgan fingerprint density at radius 1 is 1.80 bits per heavy atom. The Balaban J connectivity index is 2.67. The highest BCUT2D eigenvalue weighted by atomic mass is 79.9. The smallest absolute Gasteiger partial charge is 0.342 e. The van der Waals surface area contributed by atoms with Crippen LogP contribution >= 0.6 is 27.3 Å². The topological polar surface area (TPSA) is 52.3 Å². The predicted molar refractivity (Wildman–Crippen MR) is 60.5 cm³/mol. The third-order valence-corrected chi connectivity index (χ3v) is 3.54. The Bertz CT molecular complexity index is 345. The fourth-order valence-corrected chi connectivity index (χ4v) is 2.48. The summed E-state index contributed by atoms with van der Waals surface area (Å²) in [5, 5.41) is 1.78. The van der Waals surface area contributed by atoms with Crippen molar-refractivity contribution >= 4 is 33.2 Å². The lowest BCUT2D eigenvalue weighted by Gasteiger charge is -2.13. The maximum atomic E-state index is 13.5. The molecule has 2 atom stereocenters. The van der Waals surface area contributed by atoms with Gasteiger partial charge in [0.15, 0.2) is 0 Å². The third kappa shape index (κ3) is 3.25. The van der Waals surface area contributed by atoms with E-state index in [0.29, 0.717) is 4.88 Å². The molecule has 84 valence electrons. The first kappa shape index (κ1) is 12.6. The van der Waals surface area contributed by atoms with Gasteiger partial charge in [-0.15, -0.1) is 11.3 Å². The molecule has 15 heavy (non-hydrogen) atoms. The van der Waals surface area contributed by atoms with Gasteiger partial charge < -0.3 is 10.5 Å². The van der Waals surface area contributed by atoms with Crippen molar-refractivity contribution in [1.29, 1.82) is 0 Å². The van der Waals surface area contributed by atoms with Crippen LogP contribution < -0.4 is 5.73 Å². The van der Waals surface area contributed by atoms with Crippen LogP contribution in [0.25, 0.3) is 0 Å². The number of rotatable bonds is 4. The molecule has 0 radical (unpaired) electrons. The van der Waals surface area contributed by atoms with Crippen LogP contribution in [-0.2, 0) is 9.53 Å². The molecule has 0 saturated heterocycles. The van der Waals surface area contributed by atoms with Gasteiger partial charge in [0.1, 0.15) is 0 Å². The van der Waals surface area contributed by atoms with E-state index in [4.69, 9.17) is 5.73 Å². The molecule has 0 amide bonds. The van der Waals surface area contributed by atoms with E-state index in [9.17, 15) is 9.18 Å². The van der Waals surface area contributed by atoms with Gasteiger partial charge in [0, 0.05) is 14.7 Å². The van der Waals surface area contributed by atoms with Crippen LogP contribution in [0.2, 0.25) is 0 Å². The summed E-state index contributed by atoms with van der Waals surface area (Å²) in [6.45, 7) is 1.78. The number of carbonyl (C=O) groups is 1. The number of ether oxygens (including phenoxy) is 1. The van der Waals surface area contributed by atoms with Crippen molar-refractivity contribution in [3.05, 3.63) is 20.8 Å². The van der Waals surface area contributed by atoms with E-state index in [1.165, 1.54) is 11.3 Å². The van der Waals surface area contributed by atoms with Gasteiger partial charge in [-0.2, -0.15) is 0 Å². The van der Waals surface area contributed by atoms with Crippen LogP contribution in [0.4, 0.5) is 4.39 Å². The monoisotopic (exact) mass is 295 g/mol. The van der Waals surface area contributed by atoms with Crippen LogP contribution in [0.3, 0.4) is 0 Å². The Morgan fingerprint density at radius 3 is 2.93 bits per heavy atom. The second kappa shape index (κ2) is 5.58. The van der Waals surface area contributed by atoms with Crippen LogP contribution in [0.15, 0.2) is 15.9 Å². The zero-order valence-electron chi connectivity index (χ0n) is 8.07. The first-order chi connectivity index (χ1) is 7.06. The number of hydrogen-bond acceptors (Lipinski definition) is 4. The number of halogens is 2. The highest BCUT2D eigenvalue weighted by molar-refractivity contribution is 9.10. The van der Waals surface area contributed by atoms with Gasteiger partial charge in [0.05, 0.1) is 12.6 Å². The van der Waals surface area contributed by atoms with Crippen molar-refractivity contribution in [2.45, 2.75) is 19.1 Å². The minimum atomic E-state index is -1.81. The molecule has 0 spiro atoms. The molecule has 0 aliphatic rings. The van der Waals surface area contributed by atoms with E-state index < -0.39 is 18.2 Å². The quantitative estimate of drug-likeness (QED) is 0.868. The molecule has 3 nitrogen and oxygen atoms in total. The van der Waals surface area contributed by atoms with Crippen molar-refractivity contribution in [3.63, 3.8) is 0 Å². The number of carbonyl (C=O) groups excluding carboxylic acids is 1. The molecule has 1 unspecified atom stereocenters. The number of thiophene rings is 1. The molecule has 2 N–H and O–H groups in total. The fourth-order valence-electron chi connectivity index (χ4n) is 1.02. The summed E-state index contributed by atoms with van der Waals surface area (Å²) in [5.74, 6) is -0.908. The van der Waals surface area contributed by atoms with Gasteiger partial charge in [0.25, 0.3) is 0 Å². The molecule has 0 aliphatic carbocycles. The highest BCUT2D eigenvalue weighted by Crippen LogP contribution is 2.27. The summed E-state index contributed by atoms with van der Waals surface area (Å²) in [5.41, 5.74) is 5.60. The number of hydrogen-bond donors (Lipinski definition) is 1. The molecule has 6 heteroatoms. The largest absolute Gasteiger partial charge is 0.464 e. The van der Waals surface area contributed by atoms with Gasteiger partial charge in [-0.3, -0.25) is 0 Å². The first-order valence-corrected chi connectivity index (χ1v) is 6.03. The van der Waals surface area contributed by atoms with E-state index in [2.05, 4.69) is 20.7 Å². The van der Waals surface area contributed by atoms with Crippen molar-refractivity contribution in [2.75, 3.05) is 6.61 Å². The Labute approximate surface area is 99.5 Å². The lowest BCUT2D eigenvalue weighted by molar-refractivity contribution is -0.149. The van der Waals surface area contributed by atoms with Gasteiger partial charge in [-0.05, 0) is 28.9 Å². The average Bonchev–Trinajstić information content (AvgIpc) is 2.63. The standard InChI is InChI=1S/C9H11BrFNO2S/c1-2-14-9(13)7(11)8(12)6-3-5(10)4-15-6/h3-4,7-8H,2,12H2,1H3/t7?,8-/m1/s1. The van der Waals surface area contributed by atoms with E-state index in [1.54, 1.807) is 18.4 Å². The summed E-state index contributed by atoms with van der Waals surface area (Å²) < 4.78 is 18.8. The molecule has 1 heterocycles. The second-order valence-electron chi connectivity index (χ2n) is 2.85. The molecule has 0 saturated carbocycles. The van der Waals surface area contributed by atoms with Crippen molar-refractivity contribution in [2.24, 2.45) is 5.73 Å². The van der Waals surface area contributed by atoms with E-state index >= 15 is 0 Å². The maximum absolute atomic E-state index is 13.5. The Kier molecular flexibility index (Phi) is 4.69. The van der Waals surface area contributed by atoms with E-state index in [0.717, 1.165) is 4.47 Å². The first-order valence-electron chi connectivity index (χ1n) is 4.36. The van der Waals surface area contributed by atoms with Crippen LogP contribution in [-0.4, -0.2) is 18.7 Å². The second-order valence-corrected chi connectivity index (χ2v) is 4.71. The molecular formula is C9H11BrFNO2S. The minimum absolute atomic E-state index is 0.153. The molecule has 0 bridgehead atoms. The zero-order chi connectivity index (χ0) is 11.4. The Hall–Kier alpha value is -0.460. The normalized spacial score (nSPS) is 14.7. The maximum Gasteiger partial charge on any atom is 0.342 e. The third-order valence-electron chi connectivity index (χ3n) is 1.74. The van der Waals surface area contributed by atoms with Crippen LogP contribution in [0.5, 0.6) is 0 Å². The fraction of sp³-hybridized carbons (Fsp3) is 0.444. The molecular weight excluding hydrogens is 285 g/mol. The molecule has 1 rings (SSSR count). The van der Waals surface area contributed by atoms with Gasteiger partial charge >= 0.3 is 5.97 Å². The summed E-state index contributed by atoms with van der Waals surface area (Å²) >= 11 is 4.54. The van der Waals surface area contributed by atoms with Crippen molar-refractivity contribution in [3.8, 4) is 0 Å². The van der Waals surface area contributed by atoms with Gasteiger partial charge in [-0.25, -0.2) is 9.18 Å². The van der Waals surface area contributed by atoms with E-state index in [1.807, 2.05) is 0 Å². The molecule has 1 aromatic heterocycles. The minimum Gasteiger partial charge on any atom is -0.464 e. The lowest BCUT2D eigenvalue weighted by Crippen LogP contribution is -2.30. The lowest BCUT2D eigenvalue weighted by atomic mass is 10.1. The highest BCUT2D eigenvalue weighted by Gasteiger charge is 2.28. The average molecular weight is 296 g/mol. The van der Waals surface area contributed by atoms with Crippen molar-refractivity contribution < 1.29 is 13.9 Å². The Morgan fingerprint density at radius 2 is 2.47 bits per heavy atom. The number of alkyl halides is 1. The summed E-state index contributed by atoms with van der Waals surface area (Å²) in [6, 6.07) is 0.738. The van der Waals surface area contributed by atoms with Crippen LogP contribution in [0, 0.1) is 0 Å². The van der Waals surface area contributed by atoms with E-state index in [-0.39, 0.29) is 6.61 Å². The SMILES string of the molecule is CCOC(=O)C(F)[C@H](N)c1cc(Br)cs1. The van der Waals surface area contributed by atoms with Crippen LogP contribution in [0.1, 0.15) is 17.8 Å². The zero-order valence-corrected chi connectivity index (χ0v) is 10.5. The molecule has 0 aromatic carbocycles.